The molecule has 4 heteroatoms. The highest BCUT2D eigenvalue weighted by atomic mass is 15.1. The lowest BCUT2D eigenvalue weighted by molar-refractivity contribution is 1.13. The molecule has 39 heavy (non-hydrogen) atoms. The van der Waals surface area contributed by atoms with Gasteiger partial charge in [0.2, 0.25) is 0 Å². The number of allylic oxidation sites excluding steroid dienone is 7. The molecule has 0 aliphatic heterocycles. The predicted molar refractivity (Wildman–Crippen MR) is 173 cm³/mol. The molecule has 0 heterocycles. The molecule has 0 saturated carbocycles. The summed E-state index contributed by atoms with van der Waals surface area (Å²) in [5.41, 5.74) is 11.6. The molecule has 200 valence electrons. The van der Waals surface area contributed by atoms with Gasteiger partial charge in [-0.3, -0.25) is 4.99 Å². The predicted octanol–water partition coefficient (Wildman–Crippen LogP) is 7.36. The highest BCUT2D eigenvalue weighted by Gasteiger charge is 2.13. The molecule has 1 aliphatic carbocycles. The Hall–Kier alpha value is -4.31. The first kappa shape index (κ1) is 27.7. The van der Waals surface area contributed by atoms with Crippen LogP contribution in [0.3, 0.4) is 0 Å². The highest BCUT2D eigenvalue weighted by molar-refractivity contribution is 6.07. The molecular weight excluding hydrogens is 476 g/mol. The quantitative estimate of drug-likeness (QED) is 0.312. The van der Waals surface area contributed by atoms with E-state index in [1.165, 1.54) is 44.9 Å². The van der Waals surface area contributed by atoms with Crippen molar-refractivity contribution in [3.8, 4) is 0 Å². The molecule has 4 nitrogen and oxygen atoms in total. The Morgan fingerprint density at radius 2 is 0.949 bits per heavy atom. The van der Waals surface area contributed by atoms with E-state index in [1.807, 2.05) is 0 Å². The molecule has 0 amide bonds. The van der Waals surface area contributed by atoms with Crippen LogP contribution in [0, 0.1) is 0 Å². The number of nitrogens with zero attached hydrogens (tertiary/aromatic N) is 4. The van der Waals surface area contributed by atoms with Crippen LogP contribution < -0.4 is 14.7 Å². The molecule has 0 atom stereocenters. The normalized spacial score (nSPS) is 12.3. The second-order valence-electron chi connectivity index (χ2n) is 10.3. The Labute approximate surface area is 234 Å². The van der Waals surface area contributed by atoms with Crippen molar-refractivity contribution in [2.24, 2.45) is 4.99 Å². The Bertz CT molecular complexity index is 1340. The van der Waals surface area contributed by atoms with Crippen molar-refractivity contribution in [2.45, 2.75) is 6.92 Å². The fraction of sp³-hybridized carbons (Fsp3) is 0.229. The van der Waals surface area contributed by atoms with Crippen molar-refractivity contribution in [1.82, 2.24) is 0 Å². The maximum absolute atomic E-state index is 4.57. The first-order chi connectivity index (χ1) is 18.8. The molecule has 0 saturated heterocycles. The SMILES string of the molecule is CCN=C1C=CC(=C(C=C(c2ccc(N(C)C)cc2)c2ccc(N(C)C)cc2)c2ccc(N(C)C)cc2)C=C1. The van der Waals surface area contributed by atoms with Crippen LogP contribution in [-0.4, -0.2) is 54.5 Å². The summed E-state index contributed by atoms with van der Waals surface area (Å²) in [6, 6.07) is 26.4. The van der Waals surface area contributed by atoms with Gasteiger partial charge in [0.05, 0.1) is 5.71 Å². The summed E-state index contributed by atoms with van der Waals surface area (Å²) >= 11 is 0. The van der Waals surface area contributed by atoms with Crippen molar-refractivity contribution in [3.63, 3.8) is 0 Å². The molecule has 4 rings (SSSR count). The van der Waals surface area contributed by atoms with Crippen molar-refractivity contribution in [3.05, 3.63) is 125 Å². The van der Waals surface area contributed by atoms with Gasteiger partial charge < -0.3 is 14.7 Å². The third-order valence-electron chi connectivity index (χ3n) is 6.89. The first-order valence-corrected chi connectivity index (χ1v) is 13.5. The largest absolute Gasteiger partial charge is 0.378 e. The van der Waals surface area contributed by atoms with E-state index in [4.69, 9.17) is 0 Å². The Kier molecular flexibility index (Phi) is 8.88. The zero-order valence-electron chi connectivity index (χ0n) is 24.3. The molecule has 0 N–H and O–H groups in total. The molecule has 0 unspecified atom stereocenters. The minimum atomic E-state index is 0.776. The van der Waals surface area contributed by atoms with E-state index in [-0.39, 0.29) is 0 Å². The average molecular weight is 517 g/mol. The lowest BCUT2D eigenvalue weighted by Crippen LogP contribution is -2.08. The number of hydrogen-bond acceptors (Lipinski definition) is 4. The summed E-state index contributed by atoms with van der Waals surface area (Å²) in [6.45, 7) is 2.84. The lowest BCUT2D eigenvalue weighted by Gasteiger charge is -2.18. The molecule has 1 aliphatic rings. The zero-order chi connectivity index (χ0) is 27.9. The van der Waals surface area contributed by atoms with E-state index in [9.17, 15) is 0 Å². The van der Waals surface area contributed by atoms with Gasteiger partial charge in [-0.2, -0.15) is 0 Å². The molecular formula is C35H40N4. The average Bonchev–Trinajstić information content (AvgIpc) is 2.95. The summed E-state index contributed by atoms with van der Waals surface area (Å²) in [5, 5.41) is 0. The topological polar surface area (TPSA) is 22.1 Å². The Morgan fingerprint density at radius 1 is 0.564 bits per heavy atom. The number of anilines is 3. The van der Waals surface area contributed by atoms with E-state index in [1.54, 1.807) is 0 Å². The molecule has 0 radical (unpaired) electrons. The first-order valence-electron chi connectivity index (χ1n) is 13.5. The van der Waals surface area contributed by atoms with Gasteiger partial charge in [0.1, 0.15) is 0 Å². The van der Waals surface area contributed by atoms with Crippen LogP contribution in [-0.2, 0) is 0 Å². The zero-order valence-corrected chi connectivity index (χ0v) is 24.3. The minimum absolute atomic E-state index is 0.776. The summed E-state index contributed by atoms with van der Waals surface area (Å²) in [5.74, 6) is 0. The Balaban J connectivity index is 1.92. The number of benzene rings is 3. The van der Waals surface area contributed by atoms with Crippen LogP contribution in [0.5, 0.6) is 0 Å². The summed E-state index contributed by atoms with van der Waals surface area (Å²) in [6.07, 6.45) is 10.9. The van der Waals surface area contributed by atoms with Crippen LogP contribution in [0.1, 0.15) is 23.6 Å². The van der Waals surface area contributed by atoms with Gasteiger partial charge in [0.25, 0.3) is 0 Å². The van der Waals surface area contributed by atoms with Crippen molar-refractivity contribution >= 4 is 33.9 Å². The Morgan fingerprint density at radius 3 is 1.31 bits per heavy atom. The summed E-state index contributed by atoms with van der Waals surface area (Å²) in [7, 11) is 12.4. The van der Waals surface area contributed by atoms with Gasteiger partial charge in [-0.15, -0.1) is 0 Å². The summed E-state index contributed by atoms with van der Waals surface area (Å²) < 4.78 is 0. The van der Waals surface area contributed by atoms with E-state index < -0.39 is 0 Å². The number of hydrogen-bond donors (Lipinski definition) is 0. The number of rotatable bonds is 8. The van der Waals surface area contributed by atoms with Crippen LogP contribution in [0.2, 0.25) is 0 Å². The second kappa shape index (κ2) is 12.5. The van der Waals surface area contributed by atoms with Gasteiger partial charge in [0.15, 0.2) is 0 Å². The molecule has 0 fully saturated rings. The molecule has 0 bridgehead atoms. The molecule has 3 aromatic carbocycles. The van der Waals surface area contributed by atoms with Crippen molar-refractivity contribution < 1.29 is 0 Å². The maximum Gasteiger partial charge on any atom is 0.0574 e. The standard InChI is InChI=1S/C35H40N4/c1-8-36-30-17-9-26(10-18-30)34(27-11-19-31(20-12-27)37(2)3)25-35(28-13-21-32(22-14-28)38(4)5)29-15-23-33(24-16-29)39(6)7/h9-25H,8H2,1-7H3. The van der Waals surface area contributed by atoms with Gasteiger partial charge in [-0.05, 0) is 95.0 Å². The second-order valence-corrected chi connectivity index (χ2v) is 10.3. The monoisotopic (exact) mass is 516 g/mol. The van der Waals surface area contributed by atoms with Crippen LogP contribution >= 0.6 is 0 Å². The molecule has 3 aromatic rings. The lowest BCUT2D eigenvalue weighted by atomic mass is 9.90. The van der Waals surface area contributed by atoms with E-state index in [0.29, 0.717) is 0 Å². The van der Waals surface area contributed by atoms with Crippen LogP contribution in [0.15, 0.2) is 114 Å². The minimum Gasteiger partial charge on any atom is -0.378 e. The van der Waals surface area contributed by atoms with Gasteiger partial charge >= 0.3 is 0 Å². The third kappa shape index (κ3) is 6.77. The van der Waals surface area contributed by atoms with E-state index in [0.717, 1.165) is 17.8 Å². The van der Waals surface area contributed by atoms with E-state index in [2.05, 4.69) is 172 Å². The van der Waals surface area contributed by atoms with Crippen LogP contribution in [0.25, 0.3) is 11.1 Å². The third-order valence-corrected chi connectivity index (χ3v) is 6.89. The molecule has 0 spiro atoms. The van der Waals surface area contributed by atoms with Gasteiger partial charge in [-0.25, -0.2) is 0 Å². The van der Waals surface area contributed by atoms with Crippen molar-refractivity contribution in [2.75, 3.05) is 63.5 Å². The fourth-order valence-corrected chi connectivity index (χ4v) is 4.56. The van der Waals surface area contributed by atoms with E-state index >= 15 is 0 Å². The van der Waals surface area contributed by atoms with Crippen molar-refractivity contribution in [1.29, 1.82) is 0 Å². The van der Waals surface area contributed by atoms with Gasteiger partial charge in [0, 0.05) is 65.9 Å². The highest BCUT2D eigenvalue weighted by Crippen LogP contribution is 2.33. The molecule has 0 aromatic heterocycles. The smallest absolute Gasteiger partial charge is 0.0574 e. The van der Waals surface area contributed by atoms with Crippen LogP contribution in [0.4, 0.5) is 17.1 Å². The fourth-order valence-electron chi connectivity index (χ4n) is 4.56. The van der Waals surface area contributed by atoms with Gasteiger partial charge in [-0.1, -0.05) is 48.6 Å². The maximum atomic E-state index is 4.57. The number of aliphatic imine (C=N–C) groups is 1. The summed E-state index contributed by atoms with van der Waals surface area (Å²) in [4.78, 5) is 11.0.